The molecule has 5 heteroatoms. The van der Waals surface area contributed by atoms with Crippen molar-refractivity contribution in [3.8, 4) is 45.3 Å². The molecule has 2 aliphatic carbocycles. The fourth-order valence-electron chi connectivity index (χ4n) is 11.7. The van der Waals surface area contributed by atoms with Crippen LogP contribution in [0.2, 0.25) is 13.1 Å². The van der Waals surface area contributed by atoms with E-state index in [-0.39, 0.29) is 5.41 Å². The van der Waals surface area contributed by atoms with Gasteiger partial charge in [-0.2, -0.15) is 0 Å². The Hall–Kier alpha value is -7.05. The van der Waals surface area contributed by atoms with Gasteiger partial charge in [0.15, 0.2) is 0 Å². The molecule has 2 aliphatic heterocycles. The summed E-state index contributed by atoms with van der Waals surface area (Å²) in [7, 11) is -2.02. The van der Waals surface area contributed by atoms with E-state index in [1.807, 2.05) is 0 Å². The molecule has 9 aromatic carbocycles. The summed E-state index contributed by atoms with van der Waals surface area (Å²) < 4.78 is 13.9. The maximum Gasteiger partial charge on any atom is 0.149 e. The lowest BCUT2D eigenvalue weighted by atomic mass is 9.67. The minimum atomic E-state index is -2.02. The van der Waals surface area contributed by atoms with Crippen LogP contribution in [-0.2, 0) is 10.8 Å². The highest BCUT2D eigenvalue weighted by atomic mass is 32.2. The van der Waals surface area contributed by atoms with Gasteiger partial charge in [0.2, 0.25) is 0 Å². The van der Waals surface area contributed by atoms with Gasteiger partial charge >= 0.3 is 0 Å². The summed E-state index contributed by atoms with van der Waals surface area (Å²) in [6.45, 7) is 11.9. The van der Waals surface area contributed by atoms with E-state index in [4.69, 9.17) is 9.47 Å². The lowest BCUT2D eigenvalue weighted by molar-refractivity contribution is 0.456. The zero-order valence-corrected chi connectivity index (χ0v) is 39.5. The fraction of sp³-hybridized carbons (Fsp3) is 0.115. The van der Waals surface area contributed by atoms with Gasteiger partial charge in [0.25, 0.3) is 0 Å². The molecule has 0 unspecified atom stereocenters. The van der Waals surface area contributed by atoms with Gasteiger partial charge in [-0.1, -0.05) is 172 Å². The topological polar surface area (TPSA) is 21.7 Å². The van der Waals surface area contributed by atoms with Crippen molar-refractivity contribution in [1.29, 1.82) is 0 Å². The van der Waals surface area contributed by atoms with E-state index in [1.165, 1.54) is 66.0 Å². The van der Waals surface area contributed by atoms with Crippen LogP contribution in [0.15, 0.2) is 204 Å². The number of para-hydroxylation sites is 2. The molecule has 0 fully saturated rings. The molecule has 0 N–H and O–H groups in total. The second kappa shape index (κ2) is 14.2. The molecule has 0 amide bonds. The largest absolute Gasteiger partial charge is 0.457 e. The van der Waals surface area contributed by atoms with Crippen LogP contribution in [0.1, 0.15) is 52.8 Å². The van der Waals surface area contributed by atoms with E-state index in [2.05, 4.69) is 233 Å². The molecule has 13 rings (SSSR count). The van der Waals surface area contributed by atoms with Crippen LogP contribution in [0, 0.1) is 6.92 Å². The quantitative estimate of drug-likeness (QED) is 0.161. The molecular formula is C61H47NO2SSi. The van der Waals surface area contributed by atoms with E-state index in [1.54, 1.807) is 11.8 Å². The van der Waals surface area contributed by atoms with Gasteiger partial charge < -0.3 is 14.4 Å². The van der Waals surface area contributed by atoms with Crippen LogP contribution in [0.4, 0.5) is 17.1 Å². The highest BCUT2D eigenvalue weighted by Crippen LogP contribution is 2.63. The Morgan fingerprint density at radius 1 is 0.455 bits per heavy atom. The maximum absolute atomic E-state index is 6.99. The molecule has 0 aromatic heterocycles. The van der Waals surface area contributed by atoms with Gasteiger partial charge in [-0.3, -0.25) is 0 Å². The Kier molecular flexibility index (Phi) is 8.47. The highest BCUT2D eigenvalue weighted by molar-refractivity contribution is 7.99. The number of nitrogens with zero attached hydrogens (tertiary/aromatic N) is 1. The first-order valence-electron chi connectivity index (χ1n) is 23.0. The van der Waals surface area contributed by atoms with E-state index >= 15 is 0 Å². The van der Waals surface area contributed by atoms with E-state index < -0.39 is 13.5 Å². The number of ether oxygens (including phenoxy) is 2. The predicted molar refractivity (Wildman–Crippen MR) is 275 cm³/mol. The second-order valence-corrected chi connectivity index (χ2v) is 24.7. The van der Waals surface area contributed by atoms with Crippen molar-refractivity contribution in [1.82, 2.24) is 0 Å². The maximum atomic E-state index is 6.99. The van der Waals surface area contributed by atoms with Crippen LogP contribution in [0.25, 0.3) is 22.3 Å². The van der Waals surface area contributed by atoms with E-state index in [0.717, 1.165) is 55.4 Å². The van der Waals surface area contributed by atoms with Gasteiger partial charge in [-0.25, -0.2) is 0 Å². The predicted octanol–water partition coefficient (Wildman–Crippen LogP) is 15.3. The molecule has 0 spiro atoms. The average Bonchev–Trinajstić information content (AvgIpc) is 3.77. The first-order chi connectivity index (χ1) is 32.1. The third-order valence-electron chi connectivity index (χ3n) is 14.9. The van der Waals surface area contributed by atoms with Crippen molar-refractivity contribution in [3.05, 3.63) is 233 Å². The number of fused-ring (bicyclic) bond motifs is 12. The SMILES string of the molecule is Cc1cccc(N(c2ccc3c(c2)C(C)(C)c2ccc4c(c2-3)Oc2ccccc2[Si]4(C)C)c2ccc3c(c2)C(c2ccccc2)(c2ccccc2)c2ccc4c(c2-3)Oc2ccccc2S4)c1. The zero-order valence-electron chi connectivity index (χ0n) is 37.6. The Morgan fingerprint density at radius 3 is 1.77 bits per heavy atom. The Morgan fingerprint density at radius 2 is 1.05 bits per heavy atom. The number of anilines is 3. The van der Waals surface area contributed by atoms with E-state index in [9.17, 15) is 0 Å². The minimum Gasteiger partial charge on any atom is -0.457 e. The zero-order chi connectivity index (χ0) is 44.5. The normalized spacial score (nSPS) is 15.6. The van der Waals surface area contributed by atoms with Crippen molar-refractivity contribution in [2.75, 3.05) is 4.90 Å². The standard InChI is InChI=1S/C61H47NO2SSi/c1-38-17-16-22-41(35-38)62(42-27-29-44-48(36-42)60(2,3)46-32-34-55-59(56(44)46)64-51-24-13-15-26-54(51)66(55,4)5)43-28-30-45-49(37-43)61(39-18-8-6-9-19-39,40-20-10-7-11-21-40)47-31-33-53-58(57(45)47)63-50-23-12-14-25-52(50)65-53/h6-37H,1-5H3. The van der Waals surface area contributed by atoms with Crippen LogP contribution in [0.3, 0.4) is 0 Å². The number of aryl methyl sites for hydroxylation is 1. The summed E-state index contributed by atoms with van der Waals surface area (Å²) in [6, 6.07) is 71.8. The first-order valence-corrected chi connectivity index (χ1v) is 26.8. The van der Waals surface area contributed by atoms with Crippen LogP contribution in [-0.4, -0.2) is 8.07 Å². The Balaban J connectivity index is 1.03. The molecule has 3 nitrogen and oxygen atoms in total. The molecule has 0 radical (unpaired) electrons. The highest BCUT2D eigenvalue weighted by Gasteiger charge is 2.49. The lowest BCUT2D eigenvalue weighted by Crippen LogP contribution is -2.56. The summed E-state index contributed by atoms with van der Waals surface area (Å²) in [4.78, 5) is 4.73. The van der Waals surface area contributed by atoms with Crippen LogP contribution in [0.5, 0.6) is 23.0 Å². The molecule has 0 bridgehead atoms. The van der Waals surface area contributed by atoms with Gasteiger partial charge in [0, 0.05) is 33.6 Å². The molecule has 4 aliphatic rings. The molecular weight excluding hydrogens is 839 g/mol. The van der Waals surface area contributed by atoms with Crippen molar-refractivity contribution >= 4 is 47.3 Å². The smallest absolute Gasteiger partial charge is 0.149 e. The summed E-state index contributed by atoms with van der Waals surface area (Å²) >= 11 is 1.79. The first kappa shape index (κ1) is 39.3. The summed E-state index contributed by atoms with van der Waals surface area (Å²) in [5.41, 5.74) is 16.0. The third-order valence-corrected chi connectivity index (χ3v) is 19.5. The van der Waals surface area contributed by atoms with E-state index in [0.29, 0.717) is 0 Å². The van der Waals surface area contributed by atoms with Crippen molar-refractivity contribution in [3.63, 3.8) is 0 Å². The number of benzene rings is 9. The second-order valence-electron chi connectivity index (χ2n) is 19.3. The molecule has 0 atom stereocenters. The van der Waals surface area contributed by atoms with Gasteiger partial charge in [-0.05, 0) is 128 Å². The van der Waals surface area contributed by atoms with Crippen molar-refractivity contribution in [2.24, 2.45) is 0 Å². The summed E-state index contributed by atoms with van der Waals surface area (Å²) in [5, 5.41) is 2.72. The van der Waals surface area contributed by atoms with Gasteiger partial charge in [0.1, 0.15) is 31.1 Å². The number of hydrogen-bond acceptors (Lipinski definition) is 4. The van der Waals surface area contributed by atoms with Crippen LogP contribution < -0.4 is 24.7 Å². The Labute approximate surface area is 392 Å². The molecule has 66 heavy (non-hydrogen) atoms. The third kappa shape index (κ3) is 5.44. The van der Waals surface area contributed by atoms with Crippen LogP contribution >= 0.6 is 11.8 Å². The van der Waals surface area contributed by atoms with Gasteiger partial charge in [0.05, 0.1) is 15.2 Å². The monoisotopic (exact) mass is 885 g/mol. The minimum absolute atomic E-state index is 0.259. The number of hydrogen-bond donors (Lipinski definition) is 0. The molecule has 0 saturated heterocycles. The average molecular weight is 886 g/mol. The van der Waals surface area contributed by atoms with Crippen molar-refractivity contribution in [2.45, 2.75) is 54.5 Å². The Bertz CT molecular complexity index is 3450. The van der Waals surface area contributed by atoms with Gasteiger partial charge in [-0.15, -0.1) is 0 Å². The lowest BCUT2D eigenvalue weighted by Gasteiger charge is -2.35. The number of rotatable bonds is 5. The molecule has 318 valence electrons. The molecule has 9 aromatic rings. The molecule has 2 heterocycles. The fourth-order valence-corrected chi connectivity index (χ4v) is 15.5. The molecule has 0 saturated carbocycles. The van der Waals surface area contributed by atoms with Crippen molar-refractivity contribution < 1.29 is 9.47 Å². The summed E-state index contributed by atoms with van der Waals surface area (Å²) in [6.07, 6.45) is 0. The summed E-state index contributed by atoms with van der Waals surface area (Å²) in [5.74, 6) is 3.87.